The highest BCUT2D eigenvalue weighted by Crippen LogP contribution is 2.12. The predicted molar refractivity (Wildman–Crippen MR) is 70.6 cm³/mol. The van der Waals surface area contributed by atoms with Gasteiger partial charge in [0.1, 0.15) is 5.75 Å². The van der Waals surface area contributed by atoms with E-state index in [-0.39, 0.29) is 18.9 Å². The largest absolute Gasteiger partial charge is 0.493 e. The highest BCUT2D eigenvalue weighted by Gasteiger charge is 2.13. The number of carbonyl (C=O) groups is 1. The molecular weight excluding hydrogens is 230 g/mol. The zero-order valence-corrected chi connectivity index (χ0v) is 11.2. The normalized spacial score (nSPS) is 11.1. The summed E-state index contributed by atoms with van der Waals surface area (Å²) in [4.78, 5) is 11.4. The van der Waals surface area contributed by atoms with Gasteiger partial charge in [-0.25, -0.2) is 0 Å². The minimum Gasteiger partial charge on any atom is -0.493 e. The fraction of sp³-hybridized carbons (Fsp3) is 0.500. The molecule has 0 saturated heterocycles. The van der Waals surface area contributed by atoms with Gasteiger partial charge in [-0.1, -0.05) is 12.1 Å². The molecule has 1 aromatic carbocycles. The van der Waals surface area contributed by atoms with E-state index in [2.05, 4.69) is 5.32 Å². The molecular formula is C14H21NO3. The molecule has 2 N–H and O–H groups in total. The second kappa shape index (κ2) is 6.40. The van der Waals surface area contributed by atoms with Crippen LogP contribution in [0.3, 0.4) is 0 Å². The number of benzene rings is 1. The van der Waals surface area contributed by atoms with Crippen LogP contribution in [-0.4, -0.2) is 29.8 Å². The minimum absolute atomic E-state index is 0.121. The Labute approximate surface area is 108 Å². The smallest absolute Gasteiger partial charge is 0.223 e. The van der Waals surface area contributed by atoms with Crippen molar-refractivity contribution in [1.29, 1.82) is 0 Å². The van der Waals surface area contributed by atoms with Gasteiger partial charge in [-0.2, -0.15) is 0 Å². The van der Waals surface area contributed by atoms with Crippen LogP contribution in [0.4, 0.5) is 0 Å². The number of amides is 1. The molecule has 0 aliphatic heterocycles. The van der Waals surface area contributed by atoms with Crippen molar-refractivity contribution in [2.24, 2.45) is 0 Å². The number of hydrogen-bond acceptors (Lipinski definition) is 3. The molecule has 0 radical (unpaired) electrons. The highest BCUT2D eigenvalue weighted by atomic mass is 16.5. The lowest BCUT2D eigenvalue weighted by Crippen LogP contribution is -2.38. The SMILES string of the molecule is Cc1cccc(OCCC(=O)NCC(C)(C)O)c1. The molecule has 0 aliphatic rings. The summed E-state index contributed by atoms with van der Waals surface area (Å²) < 4.78 is 5.47. The fourth-order valence-corrected chi connectivity index (χ4v) is 1.37. The first-order chi connectivity index (χ1) is 8.37. The van der Waals surface area contributed by atoms with Crippen molar-refractivity contribution in [3.8, 4) is 5.75 Å². The second-order valence-electron chi connectivity index (χ2n) is 5.00. The number of rotatable bonds is 6. The second-order valence-corrected chi connectivity index (χ2v) is 5.00. The van der Waals surface area contributed by atoms with E-state index in [1.807, 2.05) is 31.2 Å². The monoisotopic (exact) mass is 251 g/mol. The number of aliphatic hydroxyl groups is 1. The molecule has 0 saturated carbocycles. The Bertz CT molecular complexity index is 396. The molecule has 0 aromatic heterocycles. The summed E-state index contributed by atoms with van der Waals surface area (Å²) in [6, 6.07) is 7.69. The van der Waals surface area contributed by atoms with Crippen molar-refractivity contribution >= 4 is 5.91 Å². The maximum atomic E-state index is 11.4. The van der Waals surface area contributed by atoms with Crippen LogP contribution in [-0.2, 0) is 4.79 Å². The average Bonchev–Trinajstić information content (AvgIpc) is 2.25. The van der Waals surface area contributed by atoms with E-state index in [0.717, 1.165) is 11.3 Å². The van der Waals surface area contributed by atoms with Crippen LogP contribution in [0.5, 0.6) is 5.75 Å². The van der Waals surface area contributed by atoms with Crippen molar-refractivity contribution in [2.45, 2.75) is 32.8 Å². The number of hydrogen-bond donors (Lipinski definition) is 2. The molecule has 0 bridgehead atoms. The molecule has 0 heterocycles. The maximum Gasteiger partial charge on any atom is 0.223 e. The van der Waals surface area contributed by atoms with E-state index >= 15 is 0 Å². The highest BCUT2D eigenvalue weighted by molar-refractivity contribution is 5.76. The van der Waals surface area contributed by atoms with Crippen molar-refractivity contribution < 1.29 is 14.6 Å². The summed E-state index contributed by atoms with van der Waals surface area (Å²) in [7, 11) is 0. The summed E-state index contributed by atoms with van der Waals surface area (Å²) in [5.74, 6) is 0.648. The zero-order valence-electron chi connectivity index (χ0n) is 11.2. The first kappa shape index (κ1) is 14.5. The topological polar surface area (TPSA) is 58.6 Å². The van der Waals surface area contributed by atoms with Crippen molar-refractivity contribution in [1.82, 2.24) is 5.32 Å². The summed E-state index contributed by atoms with van der Waals surface area (Å²) in [5, 5.41) is 12.1. The summed E-state index contributed by atoms with van der Waals surface area (Å²) in [6.45, 7) is 5.87. The average molecular weight is 251 g/mol. The quantitative estimate of drug-likeness (QED) is 0.808. The van der Waals surface area contributed by atoms with Crippen LogP contribution in [0.15, 0.2) is 24.3 Å². The lowest BCUT2D eigenvalue weighted by Gasteiger charge is -2.17. The Morgan fingerprint density at radius 2 is 2.17 bits per heavy atom. The van der Waals surface area contributed by atoms with E-state index in [0.29, 0.717) is 6.61 Å². The van der Waals surface area contributed by atoms with Gasteiger partial charge in [0, 0.05) is 6.54 Å². The Morgan fingerprint density at radius 1 is 1.44 bits per heavy atom. The predicted octanol–water partition coefficient (Wildman–Crippen LogP) is 1.65. The zero-order chi connectivity index (χ0) is 13.6. The standard InChI is InChI=1S/C14H21NO3/c1-11-5-4-6-12(9-11)18-8-7-13(16)15-10-14(2,3)17/h4-6,9,17H,7-8,10H2,1-3H3,(H,15,16). The van der Waals surface area contributed by atoms with Crippen LogP contribution >= 0.6 is 0 Å². The van der Waals surface area contributed by atoms with Gasteiger partial charge in [-0.05, 0) is 38.5 Å². The lowest BCUT2D eigenvalue weighted by atomic mass is 10.1. The number of aryl methyl sites for hydroxylation is 1. The Morgan fingerprint density at radius 3 is 2.78 bits per heavy atom. The molecule has 4 nitrogen and oxygen atoms in total. The Balaban J connectivity index is 2.23. The third-order valence-electron chi connectivity index (χ3n) is 2.31. The van der Waals surface area contributed by atoms with E-state index in [4.69, 9.17) is 4.74 Å². The molecule has 0 unspecified atom stereocenters. The molecule has 100 valence electrons. The van der Waals surface area contributed by atoms with Gasteiger partial charge in [-0.15, -0.1) is 0 Å². The summed E-state index contributed by atoms with van der Waals surface area (Å²) in [6.07, 6.45) is 0.282. The van der Waals surface area contributed by atoms with Gasteiger partial charge in [0.15, 0.2) is 0 Å². The van der Waals surface area contributed by atoms with Gasteiger partial charge in [0.05, 0.1) is 18.6 Å². The summed E-state index contributed by atoms with van der Waals surface area (Å²) >= 11 is 0. The maximum absolute atomic E-state index is 11.4. The van der Waals surface area contributed by atoms with E-state index in [9.17, 15) is 9.90 Å². The van der Waals surface area contributed by atoms with Gasteiger partial charge in [0.25, 0.3) is 0 Å². The van der Waals surface area contributed by atoms with Crippen LogP contribution in [0.25, 0.3) is 0 Å². The van der Waals surface area contributed by atoms with Crippen LogP contribution in [0.1, 0.15) is 25.8 Å². The Kier molecular flexibility index (Phi) is 5.16. The molecule has 1 aromatic rings. The van der Waals surface area contributed by atoms with Crippen molar-refractivity contribution in [3.05, 3.63) is 29.8 Å². The first-order valence-corrected chi connectivity index (χ1v) is 6.05. The van der Waals surface area contributed by atoms with E-state index in [1.54, 1.807) is 13.8 Å². The number of carbonyl (C=O) groups excluding carboxylic acids is 1. The van der Waals surface area contributed by atoms with Crippen LogP contribution in [0.2, 0.25) is 0 Å². The van der Waals surface area contributed by atoms with Crippen molar-refractivity contribution in [2.75, 3.05) is 13.2 Å². The summed E-state index contributed by atoms with van der Waals surface area (Å²) in [5.41, 5.74) is 0.242. The molecule has 1 rings (SSSR count). The molecule has 0 aliphatic carbocycles. The molecule has 0 atom stereocenters. The lowest BCUT2D eigenvalue weighted by molar-refractivity contribution is -0.122. The van der Waals surface area contributed by atoms with Crippen molar-refractivity contribution in [3.63, 3.8) is 0 Å². The van der Waals surface area contributed by atoms with Crippen LogP contribution < -0.4 is 10.1 Å². The van der Waals surface area contributed by atoms with Gasteiger partial charge >= 0.3 is 0 Å². The molecule has 1 amide bonds. The molecule has 0 fully saturated rings. The van der Waals surface area contributed by atoms with E-state index in [1.165, 1.54) is 0 Å². The Hall–Kier alpha value is -1.55. The van der Waals surface area contributed by atoms with E-state index < -0.39 is 5.60 Å². The fourth-order valence-electron chi connectivity index (χ4n) is 1.37. The van der Waals surface area contributed by atoms with Gasteiger partial charge < -0.3 is 15.2 Å². The minimum atomic E-state index is -0.882. The van der Waals surface area contributed by atoms with Gasteiger partial charge in [0.2, 0.25) is 5.91 Å². The van der Waals surface area contributed by atoms with Gasteiger partial charge in [-0.3, -0.25) is 4.79 Å². The third-order valence-corrected chi connectivity index (χ3v) is 2.31. The third kappa shape index (κ3) is 6.25. The molecule has 4 heteroatoms. The number of nitrogens with one attached hydrogen (secondary N) is 1. The first-order valence-electron chi connectivity index (χ1n) is 6.05. The molecule has 18 heavy (non-hydrogen) atoms. The van der Waals surface area contributed by atoms with Crippen LogP contribution in [0, 0.1) is 6.92 Å². The number of ether oxygens (including phenoxy) is 1. The molecule has 0 spiro atoms.